The zero-order valence-corrected chi connectivity index (χ0v) is 16.5. The Morgan fingerprint density at radius 3 is 2.43 bits per heavy atom. The van der Waals surface area contributed by atoms with Gasteiger partial charge in [-0.3, -0.25) is 9.59 Å². The molecule has 0 saturated heterocycles. The Labute approximate surface area is 174 Å². The van der Waals surface area contributed by atoms with Crippen LogP contribution in [-0.4, -0.2) is 38.7 Å². The molecule has 3 aromatic rings. The van der Waals surface area contributed by atoms with Crippen LogP contribution >= 0.6 is 0 Å². The predicted octanol–water partition coefficient (Wildman–Crippen LogP) is 3.61. The number of furan rings is 1. The molecule has 0 spiro atoms. The Morgan fingerprint density at radius 1 is 0.900 bits per heavy atom. The molecule has 0 radical (unpaired) electrons. The number of amides is 2. The highest BCUT2D eigenvalue weighted by Gasteiger charge is 2.09. The van der Waals surface area contributed by atoms with Gasteiger partial charge < -0.3 is 29.8 Å². The quantitative estimate of drug-likeness (QED) is 0.442. The maximum Gasteiger partial charge on any atom is 0.291 e. The second-order valence-corrected chi connectivity index (χ2v) is 6.28. The van der Waals surface area contributed by atoms with E-state index in [4.69, 9.17) is 13.9 Å². The van der Waals surface area contributed by atoms with Crippen LogP contribution in [0.1, 0.15) is 10.6 Å². The van der Waals surface area contributed by atoms with E-state index in [1.54, 1.807) is 61.7 Å². The minimum atomic E-state index is -0.345. The molecule has 1 heterocycles. The maximum atomic E-state index is 12.3. The number of carbonyl (C=O) groups is 2. The van der Waals surface area contributed by atoms with Crippen LogP contribution in [0.25, 0.3) is 0 Å². The van der Waals surface area contributed by atoms with Crippen LogP contribution in [0.2, 0.25) is 0 Å². The lowest BCUT2D eigenvalue weighted by Crippen LogP contribution is -2.21. The van der Waals surface area contributed by atoms with E-state index in [1.165, 1.54) is 6.26 Å². The molecule has 1 aromatic heterocycles. The fourth-order valence-corrected chi connectivity index (χ4v) is 2.60. The molecule has 8 heteroatoms. The third-order valence-corrected chi connectivity index (χ3v) is 3.99. The molecule has 2 aromatic carbocycles. The molecule has 0 saturated carbocycles. The number of ether oxygens (including phenoxy) is 2. The van der Waals surface area contributed by atoms with E-state index in [0.29, 0.717) is 36.0 Å². The zero-order valence-electron chi connectivity index (χ0n) is 16.5. The number of hydrogen-bond acceptors (Lipinski definition) is 6. The number of rotatable bonds is 10. The SMILES string of the molecule is COCCOc1cccc(NC(=O)CNc2cccc(NC(=O)c3ccco3)c2)c1. The minimum absolute atomic E-state index is 0.0599. The van der Waals surface area contributed by atoms with Crippen molar-refractivity contribution in [3.8, 4) is 5.75 Å². The second kappa shape index (κ2) is 10.7. The first-order valence-electron chi connectivity index (χ1n) is 9.34. The van der Waals surface area contributed by atoms with Gasteiger partial charge in [-0.05, 0) is 42.5 Å². The van der Waals surface area contributed by atoms with E-state index >= 15 is 0 Å². The highest BCUT2D eigenvalue weighted by Crippen LogP contribution is 2.18. The molecule has 0 atom stereocenters. The van der Waals surface area contributed by atoms with Gasteiger partial charge in [-0.1, -0.05) is 12.1 Å². The number of nitrogens with one attached hydrogen (secondary N) is 3. The molecule has 0 aliphatic carbocycles. The van der Waals surface area contributed by atoms with E-state index in [0.717, 1.165) is 0 Å². The summed E-state index contributed by atoms with van der Waals surface area (Å²) in [7, 11) is 1.61. The van der Waals surface area contributed by atoms with Crippen LogP contribution in [0, 0.1) is 0 Å². The molecule has 30 heavy (non-hydrogen) atoms. The van der Waals surface area contributed by atoms with Crippen molar-refractivity contribution in [2.45, 2.75) is 0 Å². The van der Waals surface area contributed by atoms with E-state index in [2.05, 4.69) is 16.0 Å². The average Bonchev–Trinajstić information content (AvgIpc) is 3.28. The van der Waals surface area contributed by atoms with Gasteiger partial charge in [0.05, 0.1) is 19.4 Å². The summed E-state index contributed by atoms with van der Waals surface area (Å²) in [5.41, 5.74) is 1.91. The first kappa shape index (κ1) is 20.9. The number of anilines is 3. The molecular formula is C22H23N3O5. The summed E-state index contributed by atoms with van der Waals surface area (Å²) in [6.45, 7) is 0.980. The zero-order chi connectivity index (χ0) is 21.2. The van der Waals surface area contributed by atoms with Gasteiger partial charge in [0.15, 0.2) is 5.76 Å². The van der Waals surface area contributed by atoms with E-state index in [1.807, 2.05) is 6.07 Å². The monoisotopic (exact) mass is 409 g/mol. The summed E-state index contributed by atoms with van der Waals surface area (Å²) in [6, 6.07) is 17.4. The Morgan fingerprint density at radius 2 is 1.67 bits per heavy atom. The largest absolute Gasteiger partial charge is 0.491 e. The van der Waals surface area contributed by atoms with Crippen molar-refractivity contribution in [3.63, 3.8) is 0 Å². The lowest BCUT2D eigenvalue weighted by atomic mass is 10.2. The highest BCUT2D eigenvalue weighted by atomic mass is 16.5. The summed E-state index contributed by atoms with van der Waals surface area (Å²) in [4.78, 5) is 24.3. The van der Waals surface area contributed by atoms with Crippen molar-refractivity contribution < 1.29 is 23.5 Å². The van der Waals surface area contributed by atoms with Crippen molar-refractivity contribution in [1.29, 1.82) is 0 Å². The smallest absolute Gasteiger partial charge is 0.291 e. The first-order chi connectivity index (χ1) is 14.6. The Balaban J connectivity index is 1.50. The highest BCUT2D eigenvalue weighted by molar-refractivity contribution is 6.02. The molecule has 0 aliphatic heterocycles. The van der Waals surface area contributed by atoms with Crippen molar-refractivity contribution in [3.05, 3.63) is 72.7 Å². The Bertz CT molecular complexity index is 972. The lowest BCUT2D eigenvalue weighted by Gasteiger charge is -2.11. The van der Waals surface area contributed by atoms with Crippen molar-refractivity contribution in [2.24, 2.45) is 0 Å². The number of benzene rings is 2. The van der Waals surface area contributed by atoms with Crippen molar-refractivity contribution in [1.82, 2.24) is 0 Å². The summed E-state index contributed by atoms with van der Waals surface area (Å²) in [5.74, 6) is 0.315. The number of hydrogen-bond donors (Lipinski definition) is 3. The molecule has 8 nitrogen and oxygen atoms in total. The van der Waals surface area contributed by atoms with Gasteiger partial charge in [-0.25, -0.2) is 0 Å². The third kappa shape index (κ3) is 6.39. The molecule has 3 N–H and O–H groups in total. The molecule has 0 fully saturated rings. The van der Waals surface area contributed by atoms with Gasteiger partial charge >= 0.3 is 0 Å². The van der Waals surface area contributed by atoms with Crippen LogP contribution in [0.4, 0.5) is 17.1 Å². The number of methoxy groups -OCH3 is 1. The van der Waals surface area contributed by atoms with E-state index in [9.17, 15) is 9.59 Å². The molecule has 156 valence electrons. The Hall–Kier alpha value is -3.78. The average molecular weight is 409 g/mol. The first-order valence-corrected chi connectivity index (χ1v) is 9.34. The van der Waals surface area contributed by atoms with Crippen molar-refractivity contribution in [2.75, 3.05) is 42.8 Å². The summed E-state index contributed by atoms with van der Waals surface area (Å²) < 4.78 is 15.6. The third-order valence-electron chi connectivity index (χ3n) is 3.99. The summed E-state index contributed by atoms with van der Waals surface area (Å²) >= 11 is 0. The number of carbonyl (C=O) groups excluding carboxylic acids is 2. The van der Waals surface area contributed by atoms with E-state index in [-0.39, 0.29) is 24.1 Å². The normalized spacial score (nSPS) is 10.3. The van der Waals surface area contributed by atoms with Gasteiger partial charge in [0, 0.05) is 30.2 Å². The van der Waals surface area contributed by atoms with Crippen LogP contribution in [0.5, 0.6) is 5.75 Å². The second-order valence-electron chi connectivity index (χ2n) is 6.28. The fourth-order valence-electron chi connectivity index (χ4n) is 2.60. The molecular weight excluding hydrogens is 386 g/mol. The molecule has 0 unspecified atom stereocenters. The molecule has 3 rings (SSSR count). The predicted molar refractivity (Wildman–Crippen MR) is 114 cm³/mol. The fraction of sp³-hybridized carbons (Fsp3) is 0.182. The topological polar surface area (TPSA) is 102 Å². The van der Waals surface area contributed by atoms with E-state index < -0.39 is 0 Å². The van der Waals surface area contributed by atoms with Gasteiger partial charge in [-0.15, -0.1) is 0 Å². The van der Waals surface area contributed by atoms with Crippen LogP contribution < -0.4 is 20.7 Å². The Kier molecular flexibility index (Phi) is 7.45. The van der Waals surface area contributed by atoms with Gasteiger partial charge in [0.1, 0.15) is 12.4 Å². The molecule has 0 aliphatic rings. The van der Waals surface area contributed by atoms with Gasteiger partial charge in [0.25, 0.3) is 5.91 Å². The van der Waals surface area contributed by atoms with Crippen LogP contribution in [0.15, 0.2) is 71.3 Å². The minimum Gasteiger partial charge on any atom is -0.491 e. The maximum absolute atomic E-state index is 12.3. The van der Waals surface area contributed by atoms with Gasteiger partial charge in [0.2, 0.25) is 5.91 Å². The van der Waals surface area contributed by atoms with Crippen LogP contribution in [0.3, 0.4) is 0 Å². The van der Waals surface area contributed by atoms with Crippen LogP contribution in [-0.2, 0) is 9.53 Å². The molecule has 0 bridgehead atoms. The van der Waals surface area contributed by atoms with Gasteiger partial charge in [-0.2, -0.15) is 0 Å². The standard InChI is InChI=1S/C22H23N3O5/c1-28-11-12-29-19-8-3-7-18(14-19)24-21(26)15-23-16-5-2-6-17(13-16)25-22(27)20-9-4-10-30-20/h2-10,13-14,23H,11-12,15H2,1H3,(H,24,26)(H,25,27). The lowest BCUT2D eigenvalue weighted by molar-refractivity contribution is -0.114. The van der Waals surface area contributed by atoms with Crippen molar-refractivity contribution >= 4 is 28.9 Å². The summed E-state index contributed by atoms with van der Waals surface area (Å²) in [6.07, 6.45) is 1.44. The summed E-state index contributed by atoms with van der Waals surface area (Å²) in [5, 5.41) is 8.59. The molecule has 2 amide bonds.